The second kappa shape index (κ2) is 4.39. The monoisotopic (exact) mass is 280 g/mol. The van der Waals surface area contributed by atoms with E-state index in [1.54, 1.807) is 0 Å². The zero-order valence-electron chi connectivity index (χ0n) is 6.99. The maximum Gasteiger partial charge on any atom is 0.297 e. The molecule has 0 saturated carbocycles. The van der Waals surface area contributed by atoms with Crippen molar-refractivity contribution in [2.75, 3.05) is 0 Å². The molecule has 0 aromatic carbocycles. The predicted molar refractivity (Wildman–Crippen MR) is 48.9 cm³/mol. The molecule has 0 aliphatic rings. The third kappa shape index (κ3) is 2.14. The smallest absolute Gasteiger partial charge is 0.296 e. The summed E-state index contributed by atoms with van der Waals surface area (Å²) in [6.45, 7) is 0. The van der Waals surface area contributed by atoms with Crippen LogP contribution in [0.15, 0.2) is 10.7 Å². The fraction of sp³-hybridized carbons (Fsp3) is 0.143. The van der Waals surface area contributed by atoms with Gasteiger partial charge in [0.1, 0.15) is 17.5 Å². The Balaban J connectivity index is 3.51. The van der Waals surface area contributed by atoms with Gasteiger partial charge in [-0.2, -0.15) is 0 Å². The number of carbonyl (C=O) groups excluding carboxylic acids is 1. The maximum absolute atomic E-state index is 12.5. The van der Waals surface area contributed by atoms with Crippen molar-refractivity contribution in [3.63, 3.8) is 0 Å². The quantitative estimate of drug-likeness (QED) is 0.484. The molecule has 0 aliphatic carbocycles. The Kier molecular flexibility index (Phi) is 3.40. The van der Waals surface area contributed by atoms with E-state index in [0.29, 0.717) is 6.20 Å². The second-order valence-electron chi connectivity index (χ2n) is 2.43. The van der Waals surface area contributed by atoms with Gasteiger partial charge in [0.2, 0.25) is 0 Å². The van der Waals surface area contributed by atoms with Crippen LogP contribution in [0.5, 0.6) is 0 Å². The molecule has 0 aliphatic heterocycles. The topological polar surface area (TPSA) is 73.1 Å². The fourth-order valence-corrected chi connectivity index (χ4v) is 1.51. The molecule has 1 aromatic heterocycles. The van der Waals surface area contributed by atoms with E-state index in [1.165, 1.54) is 0 Å². The largest absolute Gasteiger partial charge is 0.297 e. The van der Waals surface area contributed by atoms with Gasteiger partial charge >= 0.3 is 0 Å². The molecule has 80 valence electrons. The van der Waals surface area contributed by atoms with Crippen LogP contribution >= 0.6 is 15.9 Å². The van der Waals surface area contributed by atoms with Crippen LogP contribution in [0.25, 0.3) is 0 Å². The van der Waals surface area contributed by atoms with Crippen molar-refractivity contribution in [1.29, 1.82) is 0 Å². The summed E-state index contributed by atoms with van der Waals surface area (Å²) >= 11 is 2.68. The van der Waals surface area contributed by atoms with Crippen LogP contribution in [-0.2, 0) is 0 Å². The van der Waals surface area contributed by atoms with Gasteiger partial charge < -0.3 is 0 Å². The Labute approximate surface area is 90.4 Å². The molecule has 8 heteroatoms. The Morgan fingerprint density at radius 1 is 1.60 bits per heavy atom. The molecule has 0 fully saturated rings. The van der Waals surface area contributed by atoms with E-state index in [-0.39, 0.29) is 16.5 Å². The summed E-state index contributed by atoms with van der Waals surface area (Å²) in [6, 6.07) is 0. The Morgan fingerprint density at radius 2 is 2.20 bits per heavy atom. The maximum atomic E-state index is 12.5. The first-order chi connectivity index (χ1) is 6.99. The minimum Gasteiger partial charge on any atom is -0.296 e. The number of hydrogen-bond donors (Lipinski definition) is 0. The zero-order valence-corrected chi connectivity index (χ0v) is 8.57. The summed E-state index contributed by atoms with van der Waals surface area (Å²) in [5, 5.41) is 10.4. The standard InChI is InChI=1S/C7H3BrF2N2O3/c8-6-3(2-13)11-1-4(12(14)15)5(6)7(9)10/h1-2,7H. The van der Waals surface area contributed by atoms with Gasteiger partial charge in [-0.05, 0) is 15.9 Å². The van der Waals surface area contributed by atoms with Gasteiger partial charge in [-0.1, -0.05) is 0 Å². The van der Waals surface area contributed by atoms with E-state index in [9.17, 15) is 23.7 Å². The molecule has 1 rings (SSSR count). The minimum atomic E-state index is -3.05. The average Bonchev–Trinajstić information content (AvgIpc) is 2.16. The van der Waals surface area contributed by atoms with E-state index in [4.69, 9.17) is 0 Å². The molecule has 0 radical (unpaired) electrons. The molecule has 0 spiro atoms. The molecule has 0 saturated heterocycles. The summed E-state index contributed by atoms with van der Waals surface area (Å²) in [6.07, 6.45) is -2.18. The fourth-order valence-electron chi connectivity index (χ4n) is 0.943. The summed E-state index contributed by atoms with van der Waals surface area (Å²) in [4.78, 5) is 23.2. The molecule has 1 heterocycles. The average molecular weight is 281 g/mol. The Hall–Kier alpha value is -1.44. The van der Waals surface area contributed by atoms with Crippen molar-refractivity contribution < 1.29 is 18.5 Å². The first kappa shape index (κ1) is 11.6. The number of nitro groups is 1. The minimum absolute atomic E-state index is 0.236. The first-order valence-electron chi connectivity index (χ1n) is 3.55. The number of halogens is 3. The molecular weight excluding hydrogens is 278 g/mol. The highest BCUT2D eigenvalue weighted by Gasteiger charge is 2.27. The molecule has 0 atom stereocenters. The highest BCUT2D eigenvalue weighted by molar-refractivity contribution is 9.10. The van der Waals surface area contributed by atoms with Crippen LogP contribution in [0, 0.1) is 10.1 Å². The number of nitrogens with zero attached hydrogens (tertiary/aromatic N) is 2. The molecule has 0 bridgehead atoms. The lowest BCUT2D eigenvalue weighted by Crippen LogP contribution is -2.02. The van der Waals surface area contributed by atoms with Gasteiger partial charge in [-0.3, -0.25) is 14.9 Å². The lowest BCUT2D eigenvalue weighted by molar-refractivity contribution is -0.386. The number of aldehydes is 1. The van der Waals surface area contributed by atoms with Crippen molar-refractivity contribution in [3.8, 4) is 0 Å². The van der Waals surface area contributed by atoms with E-state index < -0.39 is 22.6 Å². The SMILES string of the molecule is O=Cc1ncc([N+](=O)[O-])c(C(F)F)c1Br. The van der Waals surface area contributed by atoms with Crippen LogP contribution in [0.2, 0.25) is 0 Å². The van der Waals surface area contributed by atoms with Crippen molar-refractivity contribution in [2.24, 2.45) is 0 Å². The summed E-state index contributed by atoms with van der Waals surface area (Å²) in [5.74, 6) is 0. The van der Waals surface area contributed by atoms with E-state index in [1.807, 2.05) is 0 Å². The number of rotatable bonds is 3. The second-order valence-corrected chi connectivity index (χ2v) is 3.22. The van der Waals surface area contributed by atoms with Crippen LogP contribution in [-0.4, -0.2) is 16.2 Å². The van der Waals surface area contributed by atoms with E-state index >= 15 is 0 Å². The van der Waals surface area contributed by atoms with Crippen molar-refractivity contribution in [1.82, 2.24) is 4.98 Å². The number of carbonyl (C=O) groups is 1. The molecule has 0 amide bonds. The molecule has 5 nitrogen and oxygen atoms in total. The third-order valence-electron chi connectivity index (χ3n) is 1.59. The van der Waals surface area contributed by atoms with Gasteiger partial charge in [-0.15, -0.1) is 0 Å². The zero-order chi connectivity index (χ0) is 11.6. The van der Waals surface area contributed by atoms with Gasteiger partial charge in [-0.25, -0.2) is 13.8 Å². The molecule has 15 heavy (non-hydrogen) atoms. The van der Waals surface area contributed by atoms with E-state index in [0.717, 1.165) is 0 Å². The van der Waals surface area contributed by atoms with Gasteiger partial charge in [0, 0.05) is 0 Å². The van der Waals surface area contributed by atoms with Crippen LogP contribution in [0.1, 0.15) is 22.5 Å². The molecular formula is C7H3BrF2N2O3. The van der Waals surface area contributed by atoms with Crippen molar-refractivity contribution in [2.45, 2.75) is 6.43 Å². The van der Waals surface area contributed by atoms with Crippen LogP contribution in [0.3, 0.4) is 0 Å². The number of pyridine rings is 1. The number of aromatic nitrogens is 1. The number of alkyl halides is 2. The van der Waals surface area contributed by atoms with Crippen LogP contribution in [0.4, 0.5) is 14.5 Å². The van der Waals surface area contributed by atoms with Gasteiger partial charge in [0.15, 0.2) is 6.29 Å². The Morgan fingerprint density at radius 3 is 2.60 bits per heavy atom. The normalized spacial score (nSPS) is 10.4. The predicted octanol–water partition coefficient (Wildman–Crippen LogP) is 2.50. The van der Waals surface area contributed by atoms with Crippen LogP contribution < -0.4 is 0 Å². The molecule has 1 aromatic rings. The van der Waals surface area contributed by atoms with Crippen molar-refractivity contribution in [3.05, 3.63) is 32.0 Å². The summed E-state index contributed by atoms with van der Waals surface area (Å²) in [7, 11) is 0. The number of hydrogen-bond acceptors (Lipinski definition) is 4. The lowest BCUT2D eigenvalue weighted by atomic mass is 10.2. The molecule has 0 unspecified atom stereocenters. The first-order valence-corrected chi connectivity index (χ1v) is 4.34. The summed E-state index contributed by atoms with van der Waals surface area (Å²) in [5.41, 5.74) is -1.95. The summed E-state index contributed by atoms with van der Waals surface area (Å²) < 4.78 is 24.6. The van der Waals surface area contributed by atoms with Gasteiger partial charge in [0.25, 0.3) is 12.1 Å². The van der Waals surface area contributed by atoms with Crippen molar-refractivity contribution >= 4 is 27.9 Å². The third-order valence-corrected chi connectivity index (χ3v) is 2.42. The van der Waals surface area contributed by atoms with E-state index in [2.05, 4.69) is 20.9 Å². The van der Waals surface area contributed by atoms with Gasteiger partial charge in [0.05, 0.1) is 9.40 Å². The lowest BCUT2D eigenvalue weighted by Gasteiger charge is -2.05. The molecule has 0 N–H and O–H groups in total. The Bertz CT molecular complexity index is 425. The highest BCUT2D eigenvalue weighted by Crippen LogP contribution is 2.35. The highest BCUT2D eigenvalue weighted by atomic mass is 79.9.